The van der Waals surface area contributed by atoms with Crippen LogP contribution in [0.25, 0.3) is 0 Å². The van der Waals surface area contributed by atoms with Crippen molar-refractivity contribution < 1.29 is 19.4 Å². The summed E-state index contributed by atoms with van der Waals surface area (Å²) in [5.74, 6) is -2.05. The van der Waals surface area contributed by atoms with Gasteiger partial charge in [0.15, 0.2) is 0 Å². The second-order valence-electron chi connectivity index (χ2n) is 5.59. The van der Waals surface area contributed by atoms with Crippen molar-refractivity contribution in [1.29, 1.82) is 0 Å². The first kappa shape index (κ1) is 16.1. The van der Waals surface area contributed by atoms with Crippen LogP contribution in [0.2, 0.25) is 0 Å². The molecule has 3 rings (SSSR count). The Hall–Kier alpha value is -2.73. The zero-order chi connectivity index (χ0) is 17.1. The van der Waals surface area contributed by atoms with Gasteiger partial charge in [-0.3, -0.25) is 14.6 Å². The molecule has 1 aromatic heterocycles. The van der Waals surface area contributed by atoms with E-state index in [0.717, 1.165) is 0 Å². The fourth-order valence-corrected chi connectivity index (χ4v) is 3.17. The minimum Gasteiger partial charge on any atom is -0.481 e. The molecule has 0 spiro atoms. The van der Waals surface area contributed by atoms with Crippen molar-refractivity contribution in [1.82, 2.24) is 9.88 Å². The number of hydrogen-bond donors (Lipinski definition) is 1. The maximum absolute atomic E-state index is 12.9. The van der Waals surface area contributed by atoms with Crippen LogP contribution in [0.15, 0.2) is 48.7 Å². The van der Waals surface area contributed by atoms with Crippen LogP contribution in [0, 0.1) is 0 Å². The summed E-state index contributed by atoms with van der Waals surface area (Å²) in [6.07, 6.45) is 1.60. The molecule has 124 valence electrons. The van der Waals surface area contributed by atoms with Crippen LogP contribution in [0.4, 0.5) is 0 Å². The predicted octanol–water partition coefficient (Wildman–Crippen LogP) is 2.09. The van der Waals surface area contributed by atoms with Crippen LogP contribution >= 0.6 is 0 Å². The third-order valence-electron chi connectivity index (χ3n) is 4.23. The second kappa shape index (κ2) is 6.80. The third-order valence-corrected chi connectivity index (χ3v) is 4.23. The summed E-state index contributed by atoms with van der Waals surface area (Å²) in [5, 5.41) is 9.85. The van der Waals surface area contributed by atoms with Crippen LogP contribution in [0.3, 0.4) is 0 Å². The number of carboxylic acids is 1. The lowest BCUT2D eigenvalue weighted by Crippen LogP contribution is -2.46. The summed E-state index contributed by atoms with van der Waals surface area (Å²) in [6.45, 7) is 0.623. The van der Waals surface area contributed by atoms with Gasteiger partial charge in [-0.1, -0.05) is 24.3 Å². The first-order chi connectivity index (χ1) is 11.6. The molecule has 0 saturated heterocycles. The number of rotatable bonds is 5. The van der Waals surface area contributed by atoms with E-state index in [1.54, 1.807) is 60.7 Å². The maximum Gasteiger partial charge on any atom is 0.313 e. The molecule has 6 heteroatoms. The Morgan fingerprint density at radius 2 is 2.00 bits per heavy atom. The van der Waals surface area contributed by atoms with E-state index in [1.165, 1.54) is 0 Å². The average Bonchev–Trinajstić information content (AvgIpc) is 2.61. The van der Waals surface area contributed by atoms with E-state index in [0.29, 0.717) is 30.0 Å². The molecule has 1 aromatic carbocycles. The van der Waals surface area contributed by atoms with Gasteiger partial charge >= 0.3 is 5.97 Å². The minimum absolute atomic E-state index is 0.198. The number of ether oxygens (including phenoxy) is 1. The Labute approximate surface area is 139 Å². The maximum atomic E-state index is 12.9. The highest BCUT2D eigenvalue weighted by atomic mass is 16.5. The molecule has 0 fully saturated rings. The molecule has 0 radical (unpaired) electrons. The summed E-state index contributed by atoms with van der Waals surface area (Å²) < 4.78 is 5.10. The van der Waals surface area contributed by atoms with E-state index in [1.807, 2.05) is 0 Å². The van der Waals surface area contributed by atoms with Gasteiger partial charge in [-0.25, -0.2) is 0 Å². The predicted molar refractivity (Wildman–Crippen MR) is 86.7 cm³/mol. The van der Waals surface area contributed by atoms with Crippen molar-refractivity contribution in [3.8, 4) is 0 Å². The molecule has 1 amide bonds. The number of aliphatic carboxylic acids is 1. The number of aromatic nitrogens is 1. The molecule has 2 aromatic rings. The standard InChI is InChI=1S/C18H18N2O4/c1-24-11-10-20-16(14-8-4-5-9-19-14)15(18(22)23)12-6-2-3-7-13(12)17(20)21/h2-9,15-16H,10-11H2,1H3,(H,22,23). The van der Waals surface area contributed by atoms with Crippen LogP contribution in [0.5, 0.6) is 0 Å². The van der Waals surface area contributed by atoms with Crippen LogP contribution in [-0.2, 0) is 9.53 Å². The number of methoxy groups -OCH3 is 1. The normalized spacial score (nSPS) is 19.9. The number of carbonyl (C=O) groups is 2. The lowest BCUT2D eigenvalue weighted by molar-refractivity contribution is -0.140. The molecule has 1 N–H and O–H groups in total. The lowest BCUT2D eigenvalue weighted by atomic mass is 9.81. The topological polar surface area (TPSA) is 79.7 Å². The van der Waals surface area contributed by atoms with E-state index >= 15 is 0 Å². The number of fused-ring (bicyclic) bond motifs is 1. The largest absolute Gasteiger partial charge is 0.481 e. The summed E-state index contributed by atoms with van der Waals surface area (Å²) in [6, 6.07) is 11.5. The molecular weight excluding hydrogens is 308 g/mol. The summed E-state index contributed by atoms with van der Waals surface area (Å²) in [5.41, 5.74) is 1.51. The number of carboxylic acid groups (broad SMARTS) is 1. The van der Waals surface area contributed by atoms with E-state index in [9.17, 15) is 14.7 Å². The fraction of sp³-hybridized carbons (Fsp3) is 0.278. The Morgan fingerprint density at radius 1 is 1.25 bits per heavy atom. The van der Waals surface area contributed by atoms with E-state index < -0.39 is 17.9 Å². The third kappa shape index (κ3) is 2.76. The summed E-state index contributed by atoms with van der Waals surface area (Å²) in [7, 11) is 1.55. The molecule has 1 aliphatic heterocycles. The van der Waals surface area contributed by atoms with Gasteiger partial charge in [-0.05, 0) is 23.8 Å². The average molecular weight is 326 g/mol. The Balaban J connectivity index is 2.16. The smallest absolute Gasteiger partial charge is 0.313 e. The molecule has 0 aliphatic carbocycles. The van der Waals surface area contributed by atoms with Crippen LogP contribution < -0.4 is 0 Å². The fourth-order valence-electron chi connectivity index (χ4n) is 3.17. The molecule has 2 atom stereocenters. The molecule has 0 saturated carbocycles. The van der Waals surface area contributed by atoms with Crippen molar-refractivity contribution in [2.75, 3.05) is 20.3 Å². The number of amides is 1. The van der Waals surface area contributed by atoms with Gasteiger partial charge in [0, 0.05) is 25.4 Å². The molecule has 2 heterocycles. The zero-order valence-corrected chi connectivity index (χ0v) is 13.3. The van der Waals surface area contributed by atoms with Gasteiger partial charge < -0.3 is 14.7 Å². The quantitative estimate of drug-likeness (QED) is 0.910. The van der Waals surface area contributed by atoms with Gasteiger partial charge in [0.05, 0.1) is 18.3 Å². The SMILES string of the molecule is COCCN1C(=O)c2ccccc2C(C(=O)O)C1c1ccccn1. The van der Waals surface area contributed by atoms with Crippen molar-refractivity contribution in [3.63, 3.8) is 0 Å². The molecule has 0 bridgehead atoms. The van der Waals surface area contributed by atoms with Crippen molar-refractivity contribution in [3.05, 3.63) is 65.5 Å². The Kier molecular flexibility index (Phi) is 4.57. The van der Waals surface area contributed by atoms with Crippen molar-refractivity contribution in [2.24, 2.45) is 0 Å². The second-order valence-corrected chi connectivity index (χ2v) is 5.59. The number of pyridine rings is 1. The van der Waals surface area contributed by atoms with E-state index in [4.69, 9.17) is 4.74 Å². The molecule has 2 unspecified atom stereocenters. The highest BCUT2D eigenvalue weighted by molar-refractivity contribution is 6.00. The zero-order valence-electron chi connectivity index (χ0n) is 13.3. The van der Waals surface area contributed by atoms with E-state index in [2.05, 4.69) is 4.98 Å². The highest BCUT2D eigenvalue weighted by Gasteiger charge is 2.44. The van der Waals surface area contributed by atoms with Crippen molar-refractivity contribution >= 4 is 11.9 Å². The van der Waals surface area contributed by atoms with Gasteiger partial charge in [0.2, 0.25) is 0 Å². The Morgan fingerprint density at radius 3 is 2.67 bits per heavy atom. The van der Waals surface area contributed by atoms with Gasteiger partial charge in [-0.2, -0.15) is 0 Å². The van der Waals surface area contributed by atoms with Crippen molar-refractivity contribution in [2.45, 2.75) is 12.0 Å². The number of carbonyl (C=O) groups excluding carboxylic acids is 1. The first-order valence-electron chi connectivity index (χ1n) is 7.67. The molecule has 6 nitrogen and oxygen atoms in total. The van der Waals surface area contributed by atoms with Crippen LogP contribution in [-0.4, -0.2) is 47.1 Å². The lowest BCUT2D eigenvalue weighted by Gasteiger charge is -2.40. The molecular formula is C18H18N2O4. The first-order valence-corrected chi connectivity index (χ1v) is 7.67. The monoisotopic (exact) mass is 326 g/mol. The summed E-state index contributed by atoms with van der Waals surface area (Å²) in [4.78, 5) is 30.8. The van der Waals surface area contributed by atoms with Crippen LogP contribution in [0.1, 0.15) is 33.6 Å². The number of nitrogens with zero attached hydrogens (tertiary/aromatic N) is 2. The highest BCUT2D eigenvalue weighted by Crippen LogP contribution is 2.41. The molecule has 24 heavy (non-hydrogen) atoms. The Bertz CT molecular complexity index is 748. The van der Waals surface area contributed by atoms with Gasteiger partial charge in [0.1, 0.15) is 5.92 Å². The number of hydrogen-bond acceptors (Lipinski definition) is 4. The summed E-state index contributed by atoms with van der Waals surface area (Å²) >= 11 is 0. The number of benzene rings is 1. The van der Waals surface area contributed by atoms with E-state index in [-0.39, 0.29) is 5.91 Å². The minimum atomic E-state index is -0.979. The molecule has 1 aliphatic rings. The van der Waals surface area contributed by atoms with Gasteiger partial charge in [0.25, 0.3) is 5.91 Å². The van der Waals surface area contributed by atoms with Gasteiger partial charge in [-0.15, -0.1) is 0 Å².